The zero-order chi connectivity index (χ0) is 15.2. The van der Waals surface area contributed by atoms with Crippen molar-refractivity contribution < 1.29 is 9.59 Å². The van der Waals surface area contributed by atoms with Crippen LogP contribution < -0.4 is 16.0 Å². The van der Waals surface area contributed by atoms with Gasteiger partial charge in [-0.2, -0.15) is 0 Å². The number of piperidine rings is 1. The lowest BCUT2D eigenvalue weighted by Crippen LogP contribution is -2.32. The molecule has 1 heterocycles. The second-order valence-corrected chi connectivity index (χ2v) is 5.52. The molecule has 2 amide bonds. The van der Waals surface area contributed by atoms with Gasteiger partial charge in [-0.05, 0) is 56.5 Å². The smallest absolute Gasteiger partial charge is 0.251 e. The highest BCUT2D eigenvalue weighted by Crippen LogP contribution is 2.20. The molecule has 0 aliphatic carbocycles. The van der Waals surface area contributed by atoms with E-state index in [1.165, 1.54) is 0 Å². The lowest BCUT2D eigenvalue weighted by molar-refractivity contribution is -0.117. The van der Waals surface area contributed by atoms with Crippen molar-refractivity contribution in [3.05, 3.63) is 29.3 Å². The Morgan fingerprint density at radius 1 is 1.38 bits per heavy atom. The number of hydrogen-bond acceptors (Lipinski definition) is 3. The van der Waals surface area contributed by atoms with Crippen LogP contribution in [0.3, 0.4) is 0 Å². The zero-order valence-corrected chi connectivity index (χ0v) is 12.7. The molecule has 0 bridgehead atoms. The monoisotopic (exact) mass is 289 g/mol. The fourth-order valence-electron chi connectivity index (χ4n) is 2.71. The van der Waals surface area contributed by atoms with Gasteiger partial charge >= 0.3 is 0 Å². The zero-order valence-electron chi connectivity index (χ0n) is 12.7. The van der Waals surface area contributed by atoms with Gasteiger partial charge in [-0.1, -0.05) is 6.07 Å². The van der Waals surface area contributed by atoms with E-state index in [9.17, 15) is 9.59 Å². The fraction of sp³-hybridized carbons (Fsp3) is 0.500. The molecule has 1 fully saturated rings. The maximum atomic E-state index is 12.1. The molecule has 3 N–H and O–H groups in total. The average Bonchev–Trinajstić information content (AvgIpc) is 2.49. The van der Waals surface area contributed by atoms with Crippen LogP contribution in [0.1, 0.15) is 35.2 Å². The van der Waals surface area contributed by atoms with Crippen LogP contribution in [0.25, 0.3) is 0 Å². The second-order valence-electron chi connectivity index (χ2n) is 5.52. The van der Waals surface area contributed by atoms with E-state index >= 15 is 0 Å². The SMILES string of the molecule is CNC(=O)c1cccc(NC(=O)CC2CCCNC2)c1C. The largest absolute Gasteiger partial charge is 0.355 e. The first kappa shape index (κ1) is 15.5. The Morgan fingerprint density at radius 2 is 2.19 bits per heavy atom. The van der Waals surface area contributed by atoms with Crippen LogP contribution in [0, 0.1) is 12.8 Å². The Balaban J connectivity index is 2.01. The van der Waals surface area contributed by atoms with Crippen LogP contribution in [0.5, 0.6) is 0 Å². The third-order valence-corrected chi connectivity index (χ3v) is 3.95. The summed E-state index contributed by atoms with van der Waals surface area (Å²) >= 11 is 0. The predicted octanol–water partition coefficient (Wildman–Crippen LogP) is 1.68. The Bertz CT molecular complexity index is 522. The Kier molecular flexibility index (Phi) is 5.33. The molecule has 21 heavy (non-hydrogen) atoms. The highest BCUT2D eigenvalue weighted by Gasteiger charge is 2.18. The van der Waals surface area contributed by atoms with E-state index < -0.39 is 0 Å². The minimum Gasteiger partial charge on any atom is -0.355 e. The van der Waals surface area contributed by atoms with Crippen molar-refractivity contribution in [2.75, 3.05) is 25.5 Å². The summed E-state index contributed by atoms with van der Waals surface area (Å²) in [6.07, 6.45) is 2.75. The number of carbonyl (C=O) groups excluding carboxylic acids is 2. The lowest BCUT2D eigenvalue weighted by Gasteiger charge is -2.22. The molecule has 2 rings (SSSR count). The molecular weight excluding hydrogens is 266 g/mol. The van der Waals surface area contributed by atoms with Gasteiger partial charge in [0.25, 0.3) is 5.91 Å². The van der Waals surface area contributed by atoms with Gasteiger partial charge in [0.05, 0.1) is 0 Å². The van der Waals surface area contributed by atoms with Crippen molar-refractivity contribution in [3.8, 4) is 0 Å². The standard InChI is InChI=1S/C16H23N3O2/c1-11-13(16(21)17-2)6-3-7-14(11)19-15(20)9-12-5-4-8-18-10-12/h3,6-7,12,18H,4-5,8-10H2,1-2H3,(H,17,21)(H,19,20). The molecule has 0 spiro atoms. The van der Waals surface area contributed by atoms with E-state index in [1.54, 1.807) is 19.2 Å². The molecule has 1 atom stereocenters. The summed E-state index contributed by atoms with van der Waals surface area (Å²) in [5, 5.41) is 8.85. The maximum absolute atomic E-state index is 12.1. The number of carbonyl (C=O) groups is 2. The molecule has 5 nitrogen and oxygen atoms in total. The summed E-state index contributed by atoms with van der Waals surface area (Å²) in [5.41, 5.74) is 2.10. The van der Waals surface area contributed by atoms with Gasteiger partial charge in [0.2, 0.25) is 5.91 Å². The van der Waals surface area contributed by atoms with Gasteiger partial charge in [0, 0.05) is 24.7 Å². The molecule has 0 aromatic heterocycles. The molecule has 1 unspecified atom stereocenters. The topological polar surface area (TPSA) is 70.2 Å². The van der Waals surface area contributed by atoms with Crippen LogP contribution in [-0.2, 0) is 4.79 Å². The van der Waals surface area contributed by atoms with Crippen molar-refractivity contribution >= 4 is 17.5 Å². The summed E-state index contributed by atoms with van der Waals surface area (Å²) in [4.78, 5) is 23.9. The van der Waals surface area contributed by atoms with E-state index in [4.69, 9.17) is 0 Å². The Labute approximate surface area is 125 Å². The van der Waals surface area contributed by atoms with Crippen molar-refractivity contribution in [2.45, 2.75) is 26.2 Å². The highest BCUT2D eigenvalue weighted by atomic mass is 16.2. The summed E-state index contributed by atoms with van der Waals surface area (Å²) in [7, 11) is 1.60. The second kappa shape index (κ2) is 7.22. The van der Waals surface area contributed by atoms with Gasteiger partial charge < -0.3 is 16.0 Å². The van der Waals surface area contributed by atoms with Crippen molar-refractivity contribution in [1.82, 2.24) is 10.6 Å². The number of benzene rings is 1. The van der Waals surface area contributed by atoms with Gasteiger partial charge in [0.1, 0.15) is 0 Å². The van der Waals surface area contributed by atoms with Crippen molar-refractivity contribution in [2.24, 2.45) is 5.92 Å². The first-order valence-electron chi connectivity index (χ1n) is 7.44. The van der Waals surface area contributed by atoms with E-state index in [2.05, 4.69) is 16.0 Å². The number of amides is 2. The number of nitrogens with one attached hydrogen (secondary N) is 3. The van der Waals surface area contributed by atoms with E-state index in [-0.39, 0.29) is 11.8 Å². The summed E-state index contributed by atoms with van der Waals surface area (Å²) in [5.74, 6) is 0.280. The van der Waals surface area contributed by atoms with Gasteiger partial charge in [-0.3, -0.25) is 9.59 Å². The molecule has 1 aliphatic rings. The van der Waals surface area contributed by atoms with Gasteiger partial charge in [0.15, 0.2) is 0 Å². The maximum Gasteiger partial charge on any atom is 0.251 e. The number of hydrogen-bond donors (Lipinski definition) is 3. The molecule has 0 radical (unpaired) electrons. The van der Waals surface area contributed by atoms with Crippen LogP contribution >= 0.6 is 0 Å². The normalized spacial score (nSPS) is 18.1. The highest BCUT2D eigenvalue weighted by molar-refractivity contribution is 5.99. The summed E-state index contributed by atoms with van der Waals surface area (Å²) < 4.78 is 0. The molecule has 0 saturated carbocycles. The Hall–Kier alpha value is -1.88. The minimum absolute atomic E-state index is 0.0147. The van der Waals surface area contributed by atoms with Crippen LogP contribution in [0.15, 0.2) is 18.2 Å². The Morgan fingerprint density at radius 3 is 2.86 bits per heavy atom. The number of rotatable bonds is 4. The van der Waals surface area contributed by atoms with Gasteiger partial charge in [-0.25, -0.2) is 0 Å². The predicted molar refractivity (Wildman–Crippen MR) is 83.4 cm³/mol. The summed E-state index contributed by atoms with van der Waals surface area (Å²) in [6.45, 7) is 3.80. The third-order valence-electron chi connectivity index (χ3n) is 3.95. The molecule has 1 saturated heterocycles. The molecule has 1 aromatic carbocycles. The quantitative estimate of drug-likeness (QED) is 0.790. The minimum atomic E-state index is -0.139. The van der Waals surface area contributed by atoms with Gasteiger partial charge in [-0.15, -0.1) is 0 Å². The van der Waals surface area contributed by atoms with Crippen LogP contribution in [0.4, 0.5) is 5.69 Å². The van der Waals surface area contributed by atoms with Crippen molar-refractivity contribution in [1.29, 1.82) is 0 Å². The van der Waals surface area contributed by atoms with Crippen LogP contribution in [-0.4, -0.2) is 32.0 Å². The van der Waals surface area contributed by atoms with Crippen molar-refractivity contribution in [3.63, 3.8) is 0 Å². The van der Waals surface area contributed by atoms with E-state index in [1.807, 2.05) is 13.0 Å². The molecule has 1 aromatic rings. The first-order chi connectivity index (χ1) is 10.1. The molecule has 114 valence electrons. The summed E-state index contributed by atoms with van der Waals surface area (Å²) in [6, 6.07) is 5.38. The lowest BCUT2D eigenvalue weighted by atomic mass is 9.96. The number of anilines is 1. The first-order valence-corrected chi connectivity index (χ1v) is 7.44. The van der Waals surface area contributed by atoms with E-state index in [0.29, 0.717) is 23.6 Å². The fourth-order valence-corrected chi connectivity index (χ4v) is 2.71. The third kappa shape index (κ3) is 4.04. The average molecular weight is 289 g/mol. The van der Waals surface area contributed by atoms with Crippen LogP contribution in [0.2, 0.25) is 0 Å². The van der Waals surface area contributed by atoms with E-state index in [0.717, 1.165) is 31.5 Å². The molecular formula is C16H23N3O2. The molecule has 5 heteroatoms. The molecule has 1 aliphatic heterocycles.